The Balaban J connectivity index is 1.91. The Hall–Kier alpha value is -0.590. The normalized spacial score (nSPS) is 21.0. The zero-order valence-electron chi connectivity index (χ0n) is 16.2. The minimum absolute atomic E-state index is 0.106. The van der Waals surface area contributed by atoms with Crippen LogP contribution < -0.4 is 0 Å². The van der Waals surface area contributed by atoms with Gasteiger partial charge in [-0.15, -0.1) is 0 Å². The van der Waals surface area contributed by atoms with Gasteiger partial charge in [-0.25, -0.2) is 0 Å². The van der Waals surface area contributed by atoms with E-state index in [1.54, 1.807) is 6.92 Å². The minimum atomic E-state index is -0.106. The van der Waals surface area contributed by atoms with Crippen LogP contribution in [0, 0.1) is 17.3 Å². The Morgan fingerprint density at radius 2 is 1.74 bits per heavy atom. The van der Waals surface area contributed by atoms with Crippen molar-refractivity contribution >= 4 is 5.78 Å². The lowest BCUT2D eigenvalue weighted by atomic mass is 9.83. The summed E-state index contributed by atoms with van der Waals surface area (Å²) in [5, 5.41) is 0. The Labute approximate surface area is 145 Å². The van der Waals surface area contributed by atoms with Gasteiger partial charge in [0.25, 0.3) is 0 Å². The molecule has 0 saturated heterocycles. The van der Waals surface area contributed by atoms with Gasteiger partial charge in [0.15, 0.2) is 0 Å². The van der Waals surface area contributed by atoms with Crippen molar-refractivity contribution in [2.24, 2.45) is 17.3 Å². The summed E-state index contributed by atoms with van der Waals surface area (Å²) in [5.41, 5.74) is -0.106. The fraction of sp³-hybridized carbons (Fsp3) is 0.864. The molecule has 23 heavy (non-hydrogen) atoms. The number of Topliss-reactive ketones (excluding diaryl/α,β-unsaturated/α-hetero) is 1. The van der Waals surface area contributed by atoms with Crippen LogP contribution in [-0.2, 0) is 4.79 Å². The van der Waals surface area contributed by atoms with Crippen LogP contribution in [0.2, 0.25) is 0 Å². The maximum atomic E-state index is 11.5. The summed E-state index contributed by atoms with van der Waals surface area (Å²) in [6.07, 6.45) is 20.7. The molecule has 0 aliphatic heterocycles. The molecular formula is C22H40O. The number of unbranched alkanes of at least 4 members (excludes halogenated alkanes) is 6. The molecule has 1 nitrogen and oxygen atoms in total. The van der Waals surface area contributed by atoms with Crippen molar-refractivity contribution in [3.05, 3.63) is 12.2 Å². The van der Waals surface area contributed by atoms with Crippen molar-refractivity contribution < 1.29 is 4.79 Å². The molecular weight excluding hydrogens is 280 g/mol. The molecule has 1 rings (SSSR count). The number of ketones is 1. The van der Waals surface area contributed by atoms with Crippen LogP contribution in [0.4, 0.5) is 0 Å². The number of hydrogen-bond acceptors (Lipinski definition) is 1. The van der Waals surface area contributed by atoms with E-state index in [9.17, 15) is 4.79 Å². The average molecular weight is 321 g/mol. The third-order valence-corrected chi connectivity index (χ3v) is 5.73. The number of carbonyl (C=O) groups is 1. The molecule has 0 heterocycles. The zero-order chi connectivity index (χ0) is 17.1. The summed E-state index contributed by atoms with van der Waals surface area (Å²) < 4.78 is 0. The Morgan fingerprint density at radius 3 is 2.43 bits per heavy atom. The van der Waals surface area contributed by atoms with Crippen molar-refractivity contribution in [2.45, 2.75) is 105 Å². The number of allylic oxidation sites excluding steroid dienone is 2. The van der Waals surface area contributed by atoms with Gasteiger partial charge < -0.3 is 0 Å². The first kappa shape index (κ1) is 20.5. The SMILES string of the molecule is CCCCC/C=C\CC1CC1CCCCCCC(C)(C)C(C)=O. The van der Waals surface area contributed by atoms with Gasteiger partial charge in [-0.2, -0.15) is 0 Å². The highest BCUT2D eigenvalue weighted by Crippen LogP contribution is 2.45. The lowest BCUT2D eigenvalue weighted by molar-refractivity contribution is -0.125. The summed E-state index contributed by atoms with van der Waals surface area (Å²) in [4.78, 5) is 11.5. The fourth-order valence-electron chi connectivity index (χ4n) is 3.36. The van der Waals surface area contributed by atoms with E-state index in [0.717, 1.165) is 18.3 Å². The van der Waals surface area contributed by atoms with Crippen LogP contribution in [0.1, 0.15) is 105 Å². The second-order valence-electron chi connectivity index (χ2n) is 8.35. The van der Waals surface area contributed by atoms with E-state index < -0.39 is 0 Å². The number of rotatable bonds is 14. The minimum Gasteiger partial charge on any atom is -0.299 e. The maximum absolute atomic E-state index is 11.5. The Morgan fingerprint density at radius 1 is 1.00 bits per heavy atom. The second kappa shape index (κ2) is 11.0. The largest absolute Gasteiger partial charge is 0.299 e. The van der Waals surface area contributed by atoms with Gasteiger partial charge in [-0.1, -0.05) is 77.9 Å². The molecule has 1 saturated carbocycles. The number of hydrogen-bond donors (Lipinski definition) is 0. The Kier molecular flexibility index (Phi) is 9.83. The van der Waals surface area contributed by atoms with Crippen molar-refractivity contribution in [1.82, 2.24) is 0 Å². The summed E-state index contributed by atoms with van der Waals surface area (Å²) in [6.45, 7) is 8.16. The van der Waals surface area contributed by atoms with Gasteiger partial charge in [-0.05, 0) is 50.9 Å². The molecule has 0 aromatic carbocycles. The molecule has 1 fully saturated rings. The van der Waals surface area contributed by atoms with Crippen molar-refractivity contribution in [3.8, 4) is 0 Å². The van der Waals surface area contributed by atoms with Crippen LogP contribution in [0.5, 0.6) is 0 Å². The molecule has 1 aliphatic carbocycles. The van der Waals surface area contributed by atoms with Gasteiger partial charge in [0.05, 0.1) is 0 Å². The fourth-order valence-corrected chi connectivity index (χ4v) is 3.36. The average Bonchev–Trinajstić information content (AvgIpc) is 3.24. The van der Waals surface area contributed by atoms with E-state index in [0.29, 0.717) is 5.78 Å². The first-order valence-corrected chi connectivity index (χ1v) is 10.1. The van der Waals surface area contributed by atoms with Crippen LogP contribution >= 0.6 is 0 Å². The molecule has 2 unspecified atom stereocenters. The molecule has 0 aromatic heterocycles. The third-order valence-electron chi connectivity index (χ3n) is 5.73. The first-order valence-electron chi connectivity index (χ1n) is 10.1. The van der Waals surface area contributed by atoms with Crippen LogP contribution in [0.15, 0.2) is 12.2 Å². The van der Waals surface area contributed by atoms with Crippen molar-refractivity contribution in [1.29, 1.82) is 0 Å². The summed E-state index contributed by atoms with van der Waals surface area (Å²) in [7, 11) is 0. The van der Waals surface area contributed by atoms with Gasteiger partial charge in [-0.3, -0.25) is 4.79 Å². The Bertz CT molecular complexity index is 353. The second-order valence-corrected chi connectivity index (χ2v) is 8.35. The van der Waals surface area contributed by atoms with Gasteiger partial charge in [0.1, 0.15) is 5.78 Å². The summed E-state index contributed by atoms with van der Waals surface area (Å²) in [5.74, 6) is 2.35. The number of carbonyl (C=O) groups excluding carboxylic acids is 1. The standard InChI is InChI=1S/C22H40O/c1-5-6-7-8-9-12-15-20-18-21(20)16-13-10-11-14-17-22(3,4)19(2)23/h9,12,20-21H,5-8,10-11,13-18H2,1-4H3/b12-9-. The quantitative estimate of drug-likeness (QED) is 0.246. The van der Waals surface area contributed by atoms with Gasteiger partial charge >= 0.3 is 0 Å². The van der Waals surface area contributed by atoms with E-state index in [2.05, 4.69) is 32.9 Å². The smallest absolute Gasteiger partial charge is 0.135 e. The first-order chi connectivity index (χ1) is 11.0. The summed E-state index contributed by atoms with van der Waals surface area (Å²) in [6, 6.07) is 0. The molecule has 0 amide bonds. The van der Waals surface area contributed by atoms with Gasteiger partial charge in [0, 0.05) is 5.41 Å². The van der Waals surface area contributed by atoms with E-state index >= 15 is 0 Å². The molecule has 134 valence electrons. The lowest BCUT2D eigenvalue weighted by Crippen LogP contribution is -2.20. The van der Waals surface area contributed by atoms with Gasteiger partial charge in [0.2, 0.25) is 0 Å². The molecule has 2 atom stereocenters. The molecule has 0 bridgehead atoms. The summed E-state index contributed by atoms with van der Waals surface area (Å²) >= 11 is 0. The molecule has 0 spiro atoms. The van der Waals surface area contributed by atoms with E-state index in [1.165, 1.54) is 70.6 Å². The molecule has 0 N–H and O–H groups in total. The highest BCUT2D eigenvalue weighted by atomic mass is 16.1. The van der Waals surface area contributed by atoms with Crippen LogP contribution in [0.3, 0.4) is 0 Å². The highest BCUT2D eigenvalue weighted by Gasteiger charge is 2.34. The predicted molar refractivity (Wildman–Crippen MR) is 102 cm³/mol. The monoisotopic (exact) mass is 320 g/mol. The van der Waals surface area contributed by atoms with E-state index in [4.69, 9.17) is 0 Å². The van der Waals surface area contributed by atoms with Crippen molar-refractivity contribution in [2.75, 3.05) is 0 Å². The molecule has 0 aromatic rings. The topological polar surface area (TPSA) is 17.1 Å². The molecule has 0 radical (unpaired) electrons. The molecule has 1 heteroatoms. The lowest BCUT2D eigenvalue weighted by Gasteiger charge is -2.20. The van der Waals surface area contributed by atoms with E-state index in [-0.39, 0.29) is 5.41 Å². The molecule has 1 aliphatic rings. The van der Waals surface area contributed by atoms with Crippen LogP contribution in [-0.4, -0.2) is 5.78 Å². The maximum Gasteiger partial charge on any atom is 0.135 e. The predicted octanol–water partition coefficient (Wildman–Crippen LogP) is 7.10. The van der Waals surface area contributed by atoms with Crippen molar-refractivity contribution in [3.63, 3.8) is 0 Å². The third kappa shape index (κ3) is 9.33. The van der Waals surface area contributed by atoms with Crippen LogP contribution in [0.25, 0.3) is 0 Å². The van der Waals surface area contributed by atoms with E-state index in [1.807, 2.05) is 0 Å². The highest BCUT2D eigenvalue weighted by molar-refractivity contribution is 5.81. The zero-order valence-corrected chi connectivity index (χ0v) is 16.2.